The van der Waals surface area contributed by atoms with Crippen LogP contribution in [0.15, 0.2) is 23.3 Å². The van der Waals surface area contributed by atoms with E-state index >= 15 is 0 Å². The van der Waals surface area contributed by atoms with E-state index in [1.54, 1.807) is 5.37 Å². The van der Waals surface area contributed by atoms with Gasteiger partial charge in [-0.3, -0.25) is 0 Å². The Bertz CT molecular complexity index is 386. The molecule has 0 heterocycles. The Kier molecular flexibility index (Phi) is 3.30. The molecule has 1 unspecified atom stereocenters. The molecule has 2 rings (SSSR count). The van der Waals surface area contributed by atoms with Gasteiger partial charge in [-0.15, -0.1) is 0 Å². The van der Waals surface area contributed by atoms with Crippen molar-refractivity contribution < 1.29 is 5.11 Å². The highest BCUT2D eigenvalue weighted by Gasteiger charge is 2.39. The normalized spacial score (nSPS) is 33.5. The van der Waals surface area contributed by atoms with E-state index < -0.39 is 5.60 Å². The number of allylic oxidation sites excluding steroid dienone is 3. The fourth-order valence-electron chi connectivity index (χ4n) is 3.12. The van der Waals surface area contributed by atoms with Crippen molar-refractivity contribution >= 4 is 17.6 Å². The average Bonchev–Trinajstić information content (AvgIpc) is 2.25. The second kappa shape index (κ2) is 4.33. The van der Waals surface area contributed by atoms with E-state index in [9.17, 15) is 5.11 Å². The molecule has 17 heavy (non-hydrogen) atoms. The molecule has 2 heteroatoms. The summed E-state index contributed by atoms with van der Waals surface area (Å²) in [5.74, 6) is 0.252. The molecule has 0 bridgehead atoms. The Morgan fingerprint density at radius 3 is 2.76 bits per heavy atom. The number of rotatable bonds is 2. The Labute approximate surface area is 110 Å². The van der Waals surface area contributed by atoms with Crippen LogP contribution in [0.5, 0.6) is 0 Å². The smallest absolute Gasteiger partial charge is 0.0654 e. The van der Waals surface area contributed by atoms with Gasteiger partial charge in [-0.2, -0.15) is 0 Å². The quantitative estimate of drug-likeness (QED) is 0.752. The average molecular weight is 250 g/mol. The first-order valence-electron chi connectivity index (χ1n) is 6.47. The minimum atomic E-state index is -0.627. The molecule has 94 valence electrons. The van der Waals surface area contributed by atoms with E-state index in [2.05, 4.69) is 19.1 Å². The third-order valence-corrected chi connectivity index (χ3v) is 4.68. The van der Waals surface area contributed by atoms with Gasteiger partial charge in [0.25, 0.3) is 0 Å². The summed E-state index contributed by atoms with van der Waals surface area (Å²) in [4.78, 5) is 0. The third-order valence-electron chi connectivity index (χ3n) is 4.43. The van der Waals surface area contributed by atoms with Crippen molar-refractivity contribution in [2.75, 3.05) is 0 Å². The molecule has 0 saturated carbocycles. The van der Waals surface area contributed by atoms with Crippen molar-refractivity contribution in [1.29, 1.82) is 0 Å². The van der Waals surface area contributed by atoms with Gasteiger partial charge >= 0.3 is 0 Å². The predicted octanol–water partition coefficient (Wildman–Crippen LogP) is 3.82. The summed E-state index contributed by atoms with van der Waals surface area (Å²) in [6.45, 7) is 6.15. The molecule has 0 fully saturated rings. The summed E-state index contributed by atoms with van der Waals surface area (Å²) in [6, 6.07) is 0. The highest BCUT2D eigenvalue weighted by Crippen LogP contribution is 2.49. The number of hydrogen-bond acceptors (Lipinski definition) is 2. The fourth-order valence-corrected chi connectivity index (χ4v) is 3.35. The highest BCUT2D eigenvalue weighted by atomic mass is 32.1. The molecule has 0 saturated heterocycles. The van der Waals surface area contributed by atoms with Crippen LogP contribution in [0.2, 0.25) is 0 Å². The van der Waals surface area contributed by atoms with E-state index in [0.717, 1.165) is 19.3 Å². The molecule has 0 aromatic carbocycles. The number of aliphatic hydroxyl groups is 1. The number of thiocarbonyl (C=S) groups is 1. The van der Waals surface area contributed by atoms with Crippen LogP contribution in [0.1, 0.15) is 46.5 Å². The lowest BCUT2D eigenvalue weighted by Gasteiger charge is -2.43. The molecule has 0 spiro atoms. The van der Waals surface area contributed by atoms with Crippen molar-refractivity contribution in [2.45, 2.75) is 52.1 Å². The van der Waals surface area contributed by atoms with E-state index in [1.807, 2.05) is 13.8 Å². The summed E-state index contributed by atoms with van der Waals surface area (Å²) in [5, 5.41) is 12.0. The van der Waals surface area contributed by atoms with Gasteiger partial charge in [-0.25, -0.2) is 0 Å². The van der Waals surface area contributed by atoms with Crippen molar-refractivity contribution in [3.05, 3.63) is 23.3 Å². The lowest BCUT2D eigenvalue weighted by molar-refractivity contribution is 0.0240. The number of fused-ring (bicyclic) bond motifs is 1. The topological polar surface area (TPSA) is 20.2 Å². The molecule has 0 amide bonds. The van der Waals surface area contributed by atoms with Crippen LogP contribution in [0.4, 0.5) is 0 Å². The Morgan fingerprint density at radius 1 is 1.47 bits per heavy atom. The van der Waals surface area contributed by atoms with Crippen molar-refractivity contribution in [2.24, 2.45) is 11.3 Å². The lowest BCUT2D eigenvalue weighted by Crippen LogP contribution is -2.37. The summed E-state index contributed by atoms with van der Waals surface area (Å²) >= 11 is 5.13. The Hall–Kier alpha value is -0.470. The van der Waals surface area contributed by atoms with Gasteiger partial charge in [0.1, 0.15) is 0 Å². The van der Waals surface area contributed by atoms with E-state index in [0.29, 0.717) is 0 Å². The molecule has 0 radical (unpaired) electrons. The molecule has 2 aliphatic rings. The maximum atomic E-state index is 10.2. The summed E-state index contributed by atoms with van der Waals surface area (Å²) in [5.41, 5.74) is 2.24. The monoisotopic (exact) mass is 250 g/mol. The maximum absolute atomic E-state index is 10.2. The molecular weight excluding hydrogens is 228 g/mol. The standard InChI is InChI=1S/C15H22OS/c1-14(2,16)12-6-8-15(3)7-4-5-11(10-17)13(15)9-12/h5,9-10,12,16H,4,6-8H2,1-3H3/t12?,15-/m0/s1. The minimum Gasteiger partial charge on any atom is -0.390 e. The van der Waals surface area contributed by atoms with Crippen LogP contribution in [0.25, 0.3) is 0 Å². The van der Waals surface area contributed by atoms with Gasteiger partial charge in [0.2, 0.25) is 0 Å². The molecule has 2 aliphatic carbocycles. The zero-order valence-electron chi connectivity index (χ0n) is 11.0. The molecule has 0 aliphatic heterocycles. The first-order chi connectivity index (χ1) is 7.87. The van der Waals surface area contributed by atoms with Gasteiger partial charge in [-0.05, 0) is 56.1 Å². The van der Waals surface area contributed by atoms with Gasteiger partial charge in [-0.1, -0.05) is 31.3 Å². The van der Waals surface area contributed by atoms with Gasteiger partial charge < -0.3 is 5.11 Å². The molecule has 2 atom stereocenters. The van der Waals surface area contributed by atoms with Crippen LogP contribution in [-0.2, 0) is 0 Å². The molecule has 1 nitrogen and oxygen atoms in total. The van der Waals surface area contributed by atoms with Crippen LogP contribution in [0.3, 0.4) is 0 Å². The van der Waals surface area contributed by atoms with E-state index in [4.69, 9.17) is 12.2 Å². The van der Waals surface area contributed by atoms with Crippen molar-refractivity contribution in [3.8, 4) is 0 Å². The van der Waals surface area contributed by atoms with Crippen molar-refractivity contribution in [1.82, 2.24) is 0 Å². The van der Waals surface area contributed by atoms with Gasteiger partial charge in [0.05, 0.1) is 5.60 Å². The Morgan fingerprint density at radius 2 is 2.18 bits per heavy atom. The zero-order valence-corrected chi connectivity index (χ0v) is 11.8. The Balaban J connectivity index is 2.41. The van der Waals surface area contributed by atoms with Crippen LogP contribution < -0.4 is 0 Å². The summed E-state index contributed by atoms with van der Waals surface area (Å²) in [7, 11) is 0. The maximum Gasteiger partial charge on any atom is 0.0654 e. The number of hydrogen-bond donors (Lipinski definition) is 1. The highest BCUT2D eigenvalue weighted by molar-refractivity contribution is 7.79. The van der Waals surface area contributed by atoms with Crippen LogP contribution in [0, 0.1) is 11.3 Å². The third kappa shape index (κ3) is 2.38. The fraction of sp³-hybridized carbons (Fsp3) is 0.667. The lowest BCUT2D eigenvalue weighted by atomic mass is 9.62. The van der Waals surface area contributed by atoms with Gasteiger partial charge in [0.15, 0.2) is 0 Å². The molecule has 0 aromatic rings. The largest absolute Gasteiger partial charge is 0.390 e. The molecule has 0 aromatic heterocycles. The van der Waals surface area contributed by atoms with Crippen LogP contribution >= 0.6 is 12.2 Å². The van der Waals surface area contributed by atoms with Gasteiger partial charge in [0, 0.05) is 11.3 Å². The molecule has 1 N–H and O–H groups in total. The summed E-state index contributed by atoms with van der Waals surface area (Å²) < 4.78 is 0. The second-order valence-electron chi connectivity index (χ2n) is 6.26. The zero-order chi connectivity index (χ0) is 12.7. The first-order valence-corrected chi connectivity index (χ1v) is 6.94. The molecular formula is C15H22OS. The van der Waals surface area contributed by atoms with E-state index in [-0.39, 0.29) is 11.3 Å². The van der Waals surface area contributed by atoms with E-state index in [1.165, 1.54) is 17.6 Å². The predicted molar refractivity (Wildman–Crippen MR) is 76.2 cm³/mol. The second-order valence-corrected chi connectivity index (χ2v) is 6.49. The van der Waals surface area contributed by atoms with Crippen LogP contribution in [-0.4, -0.2) is 16.1 Å². The first kappa shape index (κ1) is 13.0. The summed E-state index contributed by atoms with van der Waals surface area (Å²) in [6.07, 6.45) is 9.10. The minimum absolute atomic E-state index is 0.252. The SMILES string of the molecule is CC(C)(O)C1C=C2C(C=S)=CCC[C@@]2(C)CC1. The van der Waals surface area contributed by atoms with Crippen molar-refractivity contribution in [3.63, 3.8) is 0 Å².